The van der Waals surface area contributed by atoms with Gasteiger partial charge in [-0.15, -0.1) is 11.3 Å². The molecule has 7 nitrogen and oxygen atoms in total. The normalized spacial score (nSPS) is 11.6. The summed E-state index contributed by atoms with van der Waals surface area (Å²) in [6.07, 6.45) is 2.20. The highest BCUT2D eigenvalue weighted by Gasteiger charge is 2.22. The number of aryl methyl sites for hydroxylation is 1. The van der Waals surface area contributed by atoms with E-state index in [-0.39, 0.29) is 18.7 Å². The highest BCUT2D eigenvalue weighted by Crippen LogP contribution is 2.31. The summed E-state index contributed by atoms with van der Waals surface area (Å²) in [5.41, 5.74) is 0.591. The number of hydrogen-bond donors (Lipinski definition) is 2. The minimum atomic E-state index is -1.01. The van der Waals surface area contributed by atoms with Crippen molar-refractivity contribution in [1.82, 2.24) is 10.3 Å². The molecule has 0 fully saturated rings. The molecule has 1 unspecified atom stereocenters. The zero-order chi connectivity index (χ0) is 18.2. The van der Waals surface area contributed by atoms with Crippen LogP contribution in [-0.2, 0) is 16.0 Å². The Labute approximate surface area is 149 Å². The van der Waals surface area contributed by atoms with E-state index >= 15 is 0 Å². The van der Waals surface area contributed by atoms with Crippen LogP contribution >= 0.6 is 11.3 Å². The van der Waals surface area contributed by atoms with Gasteiger partial charge in [-0.05, 0) is 12.1 Å². The van der Waals surface area contributed by atoms with Gasteiger partial charge in [0.2, 0.25) is 5.91 Å². The fourth-order valence-corrected chi connectivity index (χ4v) is 3.00. The number of hydrogen-bond acceptors (Lipinski definition) is 6. The maximum atomic E-state index is 12.2. The smallest absolute Gasteiger partial charge is 0.305 e. The van der Waals surface area contributed by atoms with Crippen molar-refractivity contribution in [2.45, 2.75) is 25.3 Å². The summed E-state index contributed by atoms with van der Waals surface area (Å²) in [6.45, 7) is 0. The van der Waals surface area contributed by atoms with E-state index in [0.717, 1.165) is 5.01 Å². The summed E-state index contributed by atoms with van der Waals surface area (Å²) in [5.74, 6) is -0.196. The number of rotatable bonds is 9. The van der Waals surface area contributed by atoms with Gasteiger partial charge in [-0.1, -0.05) is 0 Å². The largest absolute Gasteiger partial charge is 0.497 e. The van der Waals surface area contributed by atoms with Crippen LogP contribution in [0.2, 0.25) is 0 Å². The molecule has 0 aliphatic carbocycles. The van der Waals surface area contributed by atoms with Crippen molar-refractivity contribution >= 4 is 23.2 Å². The zero-order valence-electron chi connectivity index (χ0n) is 14.0. The van der Waals surface area contributed by atoms with E-state index in [1.165, 1.54) is 25.6 Å². The number of carbonyl (C=O) groups is 2. The van der Waals surface area contributed by atoms with E-state index in [1.54, 1.807) is 24.4 Å². The van der Waals surface area contributed by atoms with Crippen LogP contribution in [0.1, 0.15) is 29.5 Å². The van der Waals surface area contributed by atoms with Gasteiger partial charge < -0.3 is 19.9 Å². The fourth-order valence-electron chi connectivity index (χ4n) is 2.38. The number of amides is 1. The maximum Gasteiger partial charge on any atom is 0.305 e. The fraction of sp³-hybridized carbons (Fsp3) is 0.353. The average Bonchev–Trinajstić information content (AvgIpc) is 3.12. The van der Waals surface area contributed by atoms with Crippen LogP contribution in [0.25, 0.3) is 0 Å². The molecular formula is C17H20N2O5S. The molecule has 1 aromatic carbocycles. The molecule has 1 amide bonds. The van der Waals surface area contributed by atoms with E-state index in [0.29, 0.717) is 23.5 Å². The molecule has 0 radical (unpaired) electrons. The lowest BCUT2D eigenvalue weighted by atomic mass is 10.0. The maximum absolute atomic E-state index is 12.2. The standard InChI is InChI=1S/C17H20N2O5S/c1-23-11-3-4-12(14(9-11)24-2)13(10-17(21)22)19-15(20)5-6-16-18-7-8-25-16/h3-4,7-9,13H,5-6,10H2,1-2H3,(H,19,20)(H,21,22). The zero-order valence-corrected chi connectivity index (χ0v) is 14.8. The van der Waals surface area contributed by atoms with Gasteiger partial charge in [-0.2, -0.15) is 0 Å². The number of aromatic nitrogens is 1. The Hall–Kier alpha value is -2.61. The van der Waals surface area contributed by atoms with Gasteiger partial charge in [0.25, 0.3) is 0 Å². The first-order chi connectivity index (χ1) is 12.0. The molecule has 2 rings (SSSR count). The number of methoxy groups -OCH3 is 2. The molecular weight excluding hydrogens is 344 g/mol. The lowest BCUT2D eigenvalue weighted by Crippen LogP contribution is -2.30. The summed E-state index contributed by atoms with van der Waals surface area (Å²) in [6, 6.07) is 4.37. The van der Waals surface area contributed by atoms with E-state index in [9.17, 15) is 14.7 Å². The quantitative estimate of drug-likeness (QED) is 0.709. The van der Waals surface area contributed by atoms with Crippen molar-refractivity contribution in [1.29, 1.82) is 0 Å². The highest BCUT2D eigenvalue weighted by atomic mass is 32.1. The number of nitrogens with zero attached hydrogens (tertiary/aromatic N) is 1. The number of ether oxygens (including phenoxy) is 2. The van der Waals surface area contributed by atoms with Crippen LogP contribution < -0.4 is 14.8 Å². The minimum absolute atomic E-state index is 0.237. The van der Waals surface area contributed by atoms with Crippen LogP contribution in [0.15, 0.2) is 29.8 Å². The van der Waals surface area contributed by atoms with Crippen molar-refractivity contribution in [3.63, 3.8) is 0 Å². The molecule has 1 atom stereocenters. The number of carboxylic acids is 1. The third-order valence-corrected chi connectivity index (χ3v) is 4.42. The van der Waals surface area contributed by atoms with Gasteiger partial charge in [-0.25, -0.2) is 4.98 Å². The lowest BCUT2D eigenvalue weighted by molar-refractivity contribution is -0.137. The Morgan fingerprint density at radius 1 is 1.32 bits per heavy atom. The van der Waals surface area contributed by atoms with Crippen LogP contribution in [-0.4, -0.2) is 36.2 Å². The van der Waals surface area contributed by atoms with Crippen molar-refractivity contribution in [3.8, 4) is 11.5 Å². The molecule has 2 N–H and O–H groups in total. The first-order valence-electron chi connectivity index (χ1n) is 7.65. The Bertz CT molecular complexity index is 718. The molecule has 0 aliphatic heterocycles. The van der Waals surface area contributed by atoms with Gasteiger partial charge in [0, 0.05) is 36.0 Å². The number of carboxylic acid groups (broad SMARTS) is 1. The SMILES string of the molecule is COc1ccc(C(CC(=O)O)NC(=O)CCc2nccs2)c(OC)c1. The first kappa shape index (κ1) is 18.7. The minimum Gasteiger partial charge on any atom is -0.497 e. The molecule has 25 heavy (non-hydrogen) atoms. The number of benzene rings is 1. The summed E-state index contributed by atoms with van der Waals surface area (Å²) in [5, 5.41) is 14.7. The average molecular weight is 364 g/mol. The molecule has 8 heteroatoms. The third-order valence-electron chi connectivity index (χ3n) is 3.58. The van der Waals surface area contributed by atoms with Gasteiger partial charge in [0.05, 0.1) is 31.7 Å². The Balaban J connectivity index is 2.12. The van der Waals surface area contributed by atoms with Crippen LogP contribution in [0, 0.1) is 0 Å². The Morgan fingerprint density at radius 3 is 2.72 bits per heavy atom. The van der Waals surface area contributed by atoms with Crippen LogP contribution in [0.5, 0.6) is 11.5 Å². The van der Waals surface area contributed by atoms with Crippen molar-refractivity contribution in [2.75, 3.05) is 14.2 Å². The highest BCUT2D eigenvalue weighted by molar-refractivity contribution is 7.09. The van der Waals surface area contributed by atoms with Crippen LogP contribution in [0.4, 0.5) is 0 Å². The lowest BCUT2D eigenvalue weighted by Gasteiger charge is -2.20. The summed E-state index contributed by atoms with van der Waals surface area (Å²) in [4.78, 5) is 27.6. The summed E-state index contributed by atoms with van der Waals surface area (Å²) < 4.78 is 10.5. The first-order valence-corrected chi connectivity index (χ1v) is 8.53. The summed E-state index contributed by atoms with van der Waals surface area (Å²) in [7, 11) is 3.02. The van der Waals surface area contributed by atoms with Gasteiger partial charge >= 0.3 is 5.97 Å². The molecule has 134 valence electrons. The second-order valence-electron chi connectivity index (χ2n) is 5.25. The van der Waals surface area contributed by atoms with E-state index in [2.05, 4.69) is 10.3 Å². The molecule has 0 saturated heterocycles. The number of thiazole rings is 1. The number of nitrogens with one attached hydrogen (secondary N) is 1. The van der Waals surface area contributed by atoms with Crippen LogP contribution in [0.3, 0.4) is 0 Å². The number of aliphatic carboxylic acids is 1. The van der Waals surface area contributed by atoms with Crippen molar-refractivity contribution in [2.24, 2.45) is 0 Å². The molecule has 2 aromatic rings. The number of carbonyl (C=O) groups excluding carboxylic acids is 1. The Morgan fingerprint density at radius 2 is 2.12 bits per heavy atom. The van der Waals surface area contributed by atoms with Crippen molar-refractivity contribution < 1.29 is 24.2 Å². The van der Waals surface area contributed by atoms with Gasteiger partial charge in [-0.3, -0.25) is 9.59 Å². The molecule has 0 saturated carbocycles. The molecule has 0 bridgehead atoms. The van der Waals surface area contributed by atoms with E-state index in [1.807, 2.05) is 5.38 Å². The predicted octanol–water partition coefficient (Wildman–Crippen LogP) is 2.43. The Kier molecular flexibility index (Phi) is 6.76. The molecule has 1 heterocycles. The van der Waals surface area contributed by atoms with E-state index < -0.39 is 12.0 Å². The molecule has 1 aromatic heterocycles. The van der Waals surface area contributed by atoms with Crippen molar-refractivity contribution in [3.05, 3.63) is 40.3 Å². The summed E-state index contributed by atoms with van der Waals surface area (Å²) >= 11 is 1.48. The predicted molar refractivity (Wildman–Crippen MR) is 93.1 cm³/mol. The third kappa shape index (κ3) is 5.46. The second-order valence-corrected chi connectivity index (χ2v) is 6.23. The second kappa shape index (κ2) is 9.03. The molecule has 0 spiro atoms. The molecule has 0 aliphatic rings. The van der Waals surface area contributed by atoms with E-state index in [4.69, 9.17) is 9.47 Å². The van der Waals surface area contributed by atoms with Gasteiger partial charge in [0.1, 0.15) is 11.5 Å². The monoisotopic (exact) mass is 364 g/mol. The van der Waals surface area contributed by atoms with Gasteiger partial charge in [0.15, 0.2) is 0 Å². The topological polar surface area (TPSA) is 97.8 Å².